The van der Waals surface area contributed by atoms with E-state index in [2.05, 4.69) is 5.32 Å². The minimum absolute atomic E-state index is 0.0881. The minimum Gasteiger partial charge on any atom is -0.468 e. The maximum atomic E-state index is 13.7. The maximum absolute atomic E-state index is 13.7. The van der Waals surface area contributed by atoms with Gasteiger partial charge in [0, 0.05) is 0 Å². The van der Waals surface area contributed by atoms with E-state index in [-0.39, 0.29) is 6.54 Å². The number of anilines is 1. The van der Waals surface area contributed by atoms with Crippen LogP contribution in [0.2, 0.25) is 0 Å². The summed E-state index contributed by atoms with van der Waals surface area (Å²) >= 11 is 0. The lowest BCUT2D eigenvalue weighted by Gasteiger charge is -2.19. The fourth-order valence-corrected chi connectivity index (χ4v) is 2.41. The van der Waals surface area contributed by atoms with Crippen LogP contribution in [0, 0.1) is 11.6 Å². The van der Waals surface area contributed by atoms with Crippen LogP contribution in [-0.4, -0.2) is 17.4 Å². The second-order valence-corrected chi connectivity index (χ2v) is 5.45. The standard InChI is InChI=1S/C18H16F2N2O3/c19-15-6-1-7-16(20)18(15)21-17(23)12-22(10-13-4-2-8-24-13)11-14-5-3-9-25-14/h1-9H,10-12H2,(H,21,23). The third-order valence-corrected chi connectivity index (χ3v) is 3.51. The minimum atomic E-state index is -0.822. The number of para-hydroxylation sites is 1. The van der Waals surface area contributed by atoms with Crippen molar-refractivity contribution in [3.8, 4) is 0 Å². The van der Waals surface area contributed by atoms with E-state index < -0.39 is 23.2 Å². The molecule has 0 saturated carbocycles. The molecule has 0 bridgehead atoms. The number of nitrogens with one attached hydrogen (secondary N) is 1. The van der Waals surface area contributed by atoms with E-state index in [4.69, 9.17) is 8.83 Å². The highest BCUT2D eigenvalue weighted by Gasteiger charge is 2.17. The molecule has 2 heterocycles. The molecule has 5 nitrogen and oxygen atoms in total. The highest BCUT2D eigenvalue weighted by atomic mass is 19.1. The second kappa shape index (κ2) is 7.76. The van der Waals surface area contributed by atoms with Gasteiger partial charge in [0.1, 0.15) is 28.8 Å². The topological polar surface area (TPSA) is 58.6 Å². The number of halogens is 2. The van der Waals surface area contributed by atoms with Crippen LogP contribution < -0.4 is 5.32 Å². The Morgan fingerprint density at radius 1 is 0.920 bits per heavy atom. The Morgan fingerprint density at radius 3 is 1.96 bits per heavy atom. The van der Waals surface area contributed by atoms with Crippen LogP contribution in [0.25, 0.3) is 0 Å². The summed E-state index contributed by atoms with van der Waals surface area (Å²) in [5, 5.41) is 2.28. The van der Waals surface area contributed by atoms with Crippen molar-refractivity contribution >= 4 is 11.6 Å². The molecule has 1 aromatic carbocycles. The average molecular weight is 346 g/mol. The van der Waals surface area contributed by atoms with Gasteiger partial charge in [0.05, 0.1) is 32.2 Å². The van der Waals surface area contributed by atoms with Crippen LogP contribution in [0.5, 0.6) is 0 Å². The van der Waals surface area contributed by atoms with E-state index in [1.165, 1.54) is 18.6 Å². The molecular formula is C18H16F2N2O3. The fourth-order valence-electron chi connectivity index (χ4n) is 2.41. The van der Waals surface area contributed by atoms with Crippen LogP contribution in [0.15, 0.2) is 63.8 Å². The SMILES string of the molecule is O=C(CN(Cc1ccco1)Cc1ccco1)Nc1c(F)cccc1F. The lowest BCUT2D eigenvalue weighted by Crippen LogP contribution is -2.32. The van der Waals surface area contributed by atoms with Gasteiger partial charge in [-0.05, 0) is 36.4 Å². The van der Waals surface area contributed by atoms with Gasteiger partial charge in [-0.15, -0.1) is 0 Å². The first kappa shape index (κ1) is 16.9. The summed E-state index contributed by atoms with van der Waals surface area (Å²) in [6.45, 7) is 0.608. The molecule has 0 radical (unpaired) electrons. The Labute approximate surface area is 142 Å². The van der Waals surface area contributed by atoms with Gasteiger partial charge in [-0.25, -0.2) is 8.78 Å². The van der Waals surface area contributed by atoms with E-state index in [0.29, 0.717) is 24.6 Å². The molecule has 0 unspecified atom stereocenters. The average Bonchev–Trinajstić information content (AvgIpc) is 3.25. The van der Waals surface area contributed by atoms with Crippen LogP contribution >= 0.6 is 0 Å². The van der Waals surface area contributed by atoms with E-state index in [9.17, 15) is 13.6 Å². The van der Waals surface area contributed by atoms with Gasteiger partial charge in [-0.3, -0.25) is 9.69 Å². The van der Waals surface area contributed by atoms with E-state index in [1.54, 1.807) is 29.2 Å². The summed E-state index contributed by atoms with van der Waals surface area (Å²) in [5.74, 6) is -0.857. The van der Waals surface area contributed by atoms with Crippen molar-refractivity contribution in [3.05, 3.63) is 78.1 Å². The van der Waals surface area contributed by atoms with Crippen molar-refractivity contribution in [1.82, 2.24) is 4.90 Å². The summed E-state index contributed by atoms with van der Waals surface area (Å²) in [7, 11) is 0. The fraction of sp³-hybridized carbons (Fsp3) is 0.167. The van der Waals surface area contributed by atoms with Gasteiger partial charge in [-0.2, -0.15) is 0 Å². The molecule has 25 heavy (non-hydrogen) atoms. The summed E-state index contributed by atoms with van der Waals surface area (Å²) < 4.78 is 37.9. The first-order chi connectivity index (χ1) is 12.1. The van der Waals surface area contributed by atoms with Crippen molar-refractivity contribution < 1.29 is 22.4 Å². The lowest BCUT2D eigenvalue weighted by molar-refractivity contribution is -0.117. The zero-order chi connectivity index (χ0) is 17.6. The number of furan rings is 2. The molecule has 0 spiro atoms. The van der Waals surface area contributed by atoms with Crippen LogP contribution in [0.1, 0.15) is 11.5 Å². The third-order valence-electron chi connectivity index (χ3n) is 3.51. The van der Waals surface area contributed by atoms with Crippen LogP contribution in [-0.2, 0) is 17.9 Å². The molecule has 130 valence electrons. The summed E-state index contributed by atoms with van der Waals surface area (Å²) in [5.41, 5.74) is -0.455. The van der Waals surface area contributed by atoms with Crippen molar-refractivity contribution in [2.75, 3.05) is 11.9 Å². The molecule has 0 aliphatic carbocycles. The molecule has 3 rings (SSSR count). The monoisotopic (exact) mass is 346 g/mol. The number of nitrogens with zero attached hydrogens (tertiary/aromatic N) is 1. The van der Waals surface area contributed by atoms with Gasteiger partial charge in [0.2, 0.25) is 5.91 Å². The molecule has 1 amide bonds. The Balaban J connectivity index is 1.69. The van der Waals surface area contributed by atoms with Crippen LogP contribution in [0.3, 0.4) is 0 Å². The van der Waals surface area contributed by atoms with Gasteiger partial charge in [-0.1, -0.05) is 6.07 Å². The molecule has 0 saturated heterocycles. The number of benzene rings is 1. The predicted molar refractivity (Wildman–Crippen MR) is 86.5 cm³/mol. The van der Waals surface area contributed by atoms with Gasteiger partial charge in [0.25, 0.3) is 0 Å². The molecule has 2 aromatic heterocycles. The van der Waals surface area contributed by atoms with E-state index in [1.807, 2.05) is 0 Å². The van der Waals surface area contributed by atoms with Crippen molar-refractivity contribution in [3.63, 3.8) is 0 Å². The molecule has 0 aliphatic heterocycles. The first-order valence-corrected chi connectivity index (χ1v) is 7.63. The molecule has 0 fully saturated rings. The summed E-state index contributed by atoms with van der Waals surface area (Å²) in [6.07, 6.45) is 3.07. The number of carbonyl (C=O) groups excluding carboxylic acids is 1. The Kier molecular flexibility index (Phi) is 5.25. The molecule has 0 atom stereocenters. The van der Waals surface area contributed by atoms with Gasteiger partial charge in [0.15, 0.2) is 0 Å². The maximum Gasteiger partial charge on any atom is 0.238 e. The van der Waals surface area contributed by atoms with Crippen molar-refractivity contribution in [1.29, 1.82) is 0 Å². The zero-order valence-electron chi connectivity index (χ0n) is 13.2. The largest absolute Gasteiger partial charge is 0.468 e. The van der Waals surface area contributed by atoms with E-state index >= 15 is 0 Å². The Morgan fingerprint density at radius 2 is 1.48 bits per heavy atom. The Hall–Kier alpha value is -2.93. The summed E-state index contributed by atoms with van der Waals surface area (Å²) in [4.78, 5) is 14.0. The normalized spacial score (nSPS) is 11.0. The summed E-state index contributed by atoms with van der Waals surface area (Å²) in [6, 6.07) is 10.5. The number of hydrogen-bond acceptors (Lipinski definition) is 4. The molecule has 1 N–H and O–H groups in total. The van der Waals surface area contributed by atoms with Crippen LogP contribution in [0.4, 0.5) is 14.5 Å². The van der Waals surface area contributed by atoms with Gasteiger partial charge < -0.3 is 14.2 Å². The lowest BCUT2D eigenvalue weighted by atomic mass is 10.3. The number of rotatable bonds is 7. The second-order valence-electron chi connectivity index (χ2n) is 5.45. The quantitative estimate of drug-likeness (QED) is 0.707. The first-order valence-electron chi connectivity index (χ1n) is 7.63. The molecule has 0 aliphatic rings. The third kappa shape index (κ3) is 4.54. The molecular weight excluding hydrogens is 330 g/mol. The highest BCUT2D eigenvalue weighted by Crippen LogP contribution is 2.18. The zero-order valence-corrected chi connectivity index (χ0v) is 13.2. The smallest absolute Gasteiger partial charge is 0.238 e. The molecule has 7 heteroatoms. The highest BCUT2D eigenvalue weighted by molar-refractivity contribution is 5.92. The molecule has 3 aromatic rings. The van der Waals surface area contributed by atoms with Gasteiger partial charge >= 0.3 is 0 Å². The van der Waals surface area contributed by atoms with Crippen molar-refractivity contribution in [2.45, 2.75) is 13.1 Å². The van der Waals surface area contributed by atoms with E-state index in [0.717, 1.165) is 12.1 Å². The predicted octanol–water partition coefficient (Wildman–Crippen LogP) is 3.79. The number of hydrogen-bond donors (Lipinski definition) is 1. The van der Waals surface area contributed by atoms with Crippen molar-refractivity contribution in [2.24, 2.45) is 0 Å². The number of amides is 1. The number of carbonyl (C=O) groups is 1. The Bertz CT molecular complexity index is 760.